The summed E-state index contributed by atoms with van der Waals surface area (Å²) < 4.78 is 38.1. The summed E-state index contributed by atoms with van der Waals surface area (Å²) in [7, 11) is -0.508. The second kappa shape index (κ2) is 8.63. The minimum absolute atomic E-state index is 0.0480. The molecule has 28 heavy (non-hydrogen) atoms. The standard InChI is InChI=1S/C20H22BrNO5S/c1-26-16-5-3-14(4-6-16)20(23)15-9-11-22(12-10-15)28(24,25)17-7-8-19(27-2)18(21)13-17/h3-8,13,15H,9-12H2,1-2H3. The molecule has 1 aliphatic heterocycles. The molecule has 2 aromatic rings. The number of benzene rings is 2. The topological polar surface area (TPSA) is 72.9 Å². The van der Waals surface area contributed by atoms with Crippen LogP contribution in [0.1, 0.15) is 23.2 Å². The molecule has 0 N–H and O–H groups in total. The fourth-order valence-electron chi connectivity index (χ4n) is 3.31. The Kier molecular flexibility index (Phi) is 6.42. The molecule has 0 amide bonds. The Morgan fingerprint density at radius 1 is 1.04 bits per heavy atom. The molecule has 1 saturated heterocycles. The van der Waals surface area contributed by atoms with Gasteiger partial charge in [0.05, 0.1) is 23.6 Å². The maximum Gasteiger partial charge on any atom is 0.243 e. The van der Waals surface area contributed by atoms with E-state index in [1.165, 1.54) is 17.5 Å². The number of carbonyl (C=O) groups excluding carboxylic acids is 1. The third-order valence-corrected chi connectivity index (χ3v) is 7.47. The van der Waals surface area contributed by atoms with E-state index in [1.807, 2.05) is 0 Å². The lowest BCUT2D eigenvalue weighted by molar-refractivity contribution is 0.0875. The van der Waals surface area contributed by atoms with Crippen molar-refractivity contribution in [2.45, 2.75) is 17.7 Å². The van der Waals surface area contributed by atoms with Crippen LogP contribution in [-0.4, -0.2) is 45.8 Å². The average molecular weight is 468 g/mol. The van der Waals surface area contributed by atoms with Crippen molar-refractivity contribution in [3.8, 4) is 11.5 Å². The quantitative estimate of drug-likeness (QED) is 0.604. The number of methoxy groups -OCH3 is 2. The van der Waals surface area contributed by atoms with Crippen LogP contribution in [0.15, 0.2) is 51.8 Å². The molecule has 3 rings (SSSR count). The number of halogens is 1. The highest BCUT2D eigenvalue weighted by Gasteiger charge is 2.32. The Balaban J connectivity index is 1.68. The van der Waals surface area contributed by atoms with E-state index in [0.29, 0.717) is 47.5 Å². The molecule has 0 radical (unpaired) electrons. The summed E-state index contributed by atoms with van der Waals surface area (Å²) in [6, 6.07) is 11.7. The molecule has 0 bridgehead atoms. The third kappa shape index (κ3) is 4.24. The molecular formula is C20H22BrNO5S. The average Bonchev–Trinajstić information content (AvgIpc) is 2.73. The number of ketones is 1. The van der Waals surface area contributed by atoms with Crippen molar-refractivity contribution in [3.63, 3.8) is 0 Å². The van der Waals surface area contributed by atoms with Gasteiger partial charge in [-0.05, 0) is 71.2 Å². The molecule has 150 valence electrons. The first-order valence-corrected chi connectivity index (χ1v) is 11.1. The largest absolute Gasteiger partial charge is 0.497 e. The summed E-state index contributed by atoms with van der Waals surface area (Å²) in [5, 5.41) is 0. The molecule has 0 saturated carbocycles. The minimum atomic E-state index is -3.61. The van der Waals surface area contributed by atoms with Crippen molar-refractivity contribution >= 4 is 31.7 Å². The van der Waals surface area contributed by atoms with Crippen molar-refractivity contribution in [2.75, 3.05) is 27.3 Å². The molecule has 0 unspecified atom stereocenters. The van der Waals surface area contributed by atoms with Gasteiger partial charge >= 0.3 is 0 Å². The van der Waals surface area contributed by atoms with Gasteiger partial charge in [-0.1, -0.05) is 0 Å². The van der Waals surface area contributed by atoms with Crippen molar-refractivity contribution < 1.29 is 22.7 Å². The second-order valence-corrected chi connectivity index (χ2v) is 9.36. The number of rotatable bonds is 6. The van der Waals surface area contributed by atoms with Crippen LogP contribution in [0.4, 0.5) is 0 Å². The number of ether oxygens (including phenoxy) is 2. The molecule has 0 atom stereocenters. The van der Waals surface area contributed by atoms with E-state index in [2.05, 4.69) is 15.9 Å². The van der Waals surface area contributed by atoms with Crippen LogP contribution in [0.2, 0.25) is 0 Å². The second-order valence-electron chi connectivity index (χ2n) is 6.57. The lowest BCUT2D eigenvalue weighted by atomic mass is 9.89. The first-order valence-electron chi connectivity index (χ1n) is 8.88. The third-order valence-electron chi connectivity index (χ3n) is 4.96. The van der Waals surface area contributed by atoms with E-state index in [-0.39, 0.29) is 16.6 Å². The Morgan fingerprint density at radius 2 is 1.68 bits per heavy atom. The van der Waals surface area contributed by atoms with Gasteiger partial charge in [0.15, 0.2) is 5.78 Å². The van der Waals surface area contributed by atoms with Crippen LogP contribution >= 0.6 is 15.9 Å². The summed E-state index contributed by atoms with van der Waals surface area (Å²) in [5.41, 5.74) is 0.626. The number of Topliss-reactive ketones (excluding diaryl/α,β-unsaturated/α-hetero) is 1. The Hall–Kier alpha value is -1.90. The highest BCUT2D eigenvalue weighted by atomic mass is 79.9. The number of carbonyl (C=O) groups is 1. The number of sulfonamides is 1. The molecule has 0 aliphatic carbocycles. The molecule has 8 heteroatoms. The Bertz CT molecular complexity index is 951. The van der Waals surface area contributed by atoms with Gasteiger partial charge in [0.1, 0.15) is 11.5 Å². The number of piperidine rings is 1. The van der Waals surface area contributed by atoms with Crippen molar-refractivity contribution in [3.05, 3.63) is 52.5 Å². The van der Waals surface area contributed by atoms with E-state index < -0.39 is 10.0 Å². The van der Waals surface area contributed by atoms with Gasteiger partial charge in [-0.3, -0.25) is 4.79 Å². The number of nitrogens with zero attached hydrogens (tertiary/aromatic N) is 1. The monoisotopic (exact) mass is 467 g/mol. The van der Waals surface area contributed by atoms with Gasteiger partial charge in [-0.15, -0.1) is 0 Å². The molecule has 1 heterocycles. The molecule has 0 spiro atoms. The SMILES string of the molecule is COc1ccc(C(=O)C2CCN(S(=O)(=O)c3ccc(OC)c(Br)c3)CC2)cc1. The fourth-order valence-corrected chi connectivity index (χ4v) is 5.49. The summed E-state index contributed by atoms with van der Waals surface area (Å²) >= 11 is 3.33. The van der Waals surface area contributed by atoms with Crippen LogP contribution in [0.5, 0.6) is 11.5 Å². The van der Waals surface area contributed by atoms with Crippen LogP contribution in [-0.2, 0) is 10.0 Å². The minimum Gasteiger partial charge on any atom is -0.497 e. The first kappa shape index (κ1) is 20.8. The van der Waals surface area contributed by atoms with Gasteiger partial charge in [0.25, 0.3) is 0 Å². The highest BCUT2D eigenvalue weighted by molar-refractivity contribution is 9.10. The highest BCUT2D eigenvalue weighted by Crippen LogP contribution is 2.31. The van der Waals surface area contributed by atoms with E-state index >= 15 is 0 Å². The van der Waals surface area contributed by atoms with Crippen LogP contribution < -0.4 is 9.47 Å². The molecule has 2 aromatic carbocycles. The summed E-state index contributed by atoms with van der Waals surface area (Å²) in [6.45, 7) is 0.636. The van der Waals surface area contributed by atoms with Gasteiger partial charge in [-0.25, -0.2) is 8.42 Å². The zero-order chi connectivity index (χ0) is 20.3. The molecule has 6 nitrogen and oxygen atoms in total. The van der Waals surface area contributed by atoms with E-state index in [0.717, 1.165) is 0 Å². The van der Waals surface area contributed by atoms with E-state index in [4.69, 9.17) is 9.47 Å². The molecule has 1 fully saturated rings. The number of hydrogen-bond acceptors (Lipinski definition) is 5. The molecule has 1 aliphatic rings. The molecule has 0 aromatic heterocycles. The van der Waals surface area contributed by atoms with Crippen LogP contribution in [0.25, 0.3) is 0 Å². The first-order chi connectivity index (χ1) is 13.4. The zero-order valence-corrected chi connectivity index (χ0v) is 18.1. The van der Waals surface area contributed by atoms with E-state index in [9.17, 15) is 13.2 Å². The maximum atomic E-state index is 12.9. The van der Waals surface area contributed by atoms with Gasteiger partial charge < -0.3 is 9.47 Å². The Morgan fingerprint density at radius 3 is 2.21 bits per heavy atom. The van der Waals surface area contributed by atoms with Gasteiger partial charge in [0, 0.05) is 24.6 Å². The lowest BCUT2D eigenvalue weighted by Gasteiger charge is -2.30. The van der Waals surface area contributed by atoms with Crippen molar-refractivity contribution in [2.24, 2.45) is 5.92 Å². The zero-order valence-electron chi connectivity index (χ0n) is 15.7. The Labute approximate surface area is 173 Å². The van der Waals surface area contributed by atoms with Crippen LogP contribution in [0, 0.1) is 5.92 Å². The fraction of sp³-hybridized carbons (Fsp3) is 0.350. The smallest absolute Gasteiger partial charge is 0.243 e. The van der Waals surface area contributed by atoms with Crippen LogP contribution in [0.3, 0.4) is 0 Å². The molecular weight excluding hydrogens is 446 g/mol. The summed E-state index contributed by atoms with van der Waals surface area (Å²) in [4.78, 5) is 12.9. The number of hydrogen-bond donors (Lipinski definition) is 0. The summed E-state index contributed by atoms with van der Waals surface area (Å²) in [6.07, 6.45) is 1.00. The maximum absolute atomic E-state index is 12.9. The predicted molar refractivity (Wildman–Crippen MR) is 110 cm³/mol. The van der Waals surface area contributed by atoms with Crippen molar-refractivity contribution in [1.29, 1.82) is 0 Å². The lowest BCUT2D eigenvalue weighted by Crippen LogP contribution is -2.40. The van der Waals surface area contributed by atoms with Crippen molar-refractivity contribution in [1.82, 2.24) is 4.31 Å². The van der Waals surface area contributed by atoms with Gasteiger partial charge in [-0.2, -0.15) is 4.31 Å². The van der Waals surface area contributed by atoms with Gasteiger partial charge in [0.2, 0.25) is 10.0 Å². The normalized spacial score (nSPS) is 16.0. The van der Waals surface area contributed by atoms with E-state index in [1.54, 1.807) is 43.5 Å². The summed E-state index contributed by atoms with van der Waals surface area (Å²) in [5.74, 6) is 1.14. The predicted octanol–water partition coefficient (Wildman–Crippen LogP) is 3.75.